The standard InChI is InChI=1S/C21H27N3O3S/c25-28(26,24-12-4-5-13-24)19-10-11-20(23-16-19)22-15-18-9-6-14-27-21(18)17-7-2-1-3-8-17/h1-3,7-8,10-11,16,18,21H,4-6,9,12-15H2,(H,22,23). The molecule has 3 heterocycles. The molecule has 2 saturated heterocycles. The minimum absolute atomic E-state index is 0.0808. The van der Waals surface area contributed by atoms with E-state index in [1.165, 1.54) is 11.8 Å². The molecule has 2 atom stereocenters. The summed E-state index contributed by atoms with van der Waals surface area (Å²) in [6.45, 7) is 2.73. The number of hydrogen-bond acceptors (Lipinski definition) is 5. The fourth-order valence-corrected chi connectivity index (χ4v) is 5.48. The van der Waals surface area contributed by atoms with Gasteiger partial charge in [-0.15, -0.1) is 0 Å². The van der Waals surface area contributed by atoms with Crippen molar-refractivity contribution in [3.63, 3.8) is 0 Å². The maximum Gasteiger partial charge on any atom is 0.244 e. The Labute approximate surface area is 167 Å². The lowest BCUT2D eigenvalue weighted by molar-refractivity contribution is -0.0238. The number of nitrogens with zero attached hydrogens (tertiary/aromatic N) is 2. The lowest BCUT2D eigenvalue weighted by Gasteiger charge is -2.32. The zero-order chi connectivity index (χ0) is 19.4. The molecule has 0 bridgehead atoms. The lowest BCUT2D eigenvalue weighted by atomic mass is 9.89. The number of anilines is 1. The Balaban J connectivity index is 1.40. The van der Waals surface area contributed by atoms with Crippen molar-refractivity contribution in [3.05, 3.63) is 54.2 Å². The van der Waals surface area contributed by atoms with E-state index in [0.717, 1.165) is 38.8 Å². The van der Waals surface area contributed by atoms with Gasteiger partial charge in [-0.1, -0.05) is 30.3 Å². The number of nitrogens with one attached hydrogen (secondary N) is 1. The molecule has 6 nitrogen and oxygen atoms in total. The molecular weight excluding hydrogens is 374 g/mol. The van der Waals surface area contributed by atoms with Gasteiger partial charge < -0.3 is 10.1 Å². The smallest absolute Gasteiger partial charge is 0.244 e. The Morgan fingerprint density at radius 3 is 2.57 bits per heavy atom. The van der Waals surface area contributed by atoms with Crippen molar-refractivity contribution in [1.29, 1.82) is 0 Å². The number of benzene rings is 1. The van der Waals surface area contributed by atoms with Crippen LogP contribution in [0.3, 0.4) is 0 Å². The van der Waals surface area contributed by atoms with E-state index in [4.69, 9.17) is 4.74 Å². The molecule has 2 fully saturated rings. The van der Waals surface area contributed by atoms with Crippen LogP contribution in [0.15, 0.2) is 53.6 Å². The molecule has 1 aromatic carbocycles. The van der Waals surface area contributed by atoms with E-state index in [1.807, 2.05) is 18.2 Å². The van der Waals surface area contributed by atoms with Crippen LogP contribution in [-0.4, -0.2) is 43.9 Å². The largest absolute Gasteiger partial charge is 0.373 e. The second-order valence-electron chi connectivity index (χ2n) is 7.48. The first kappa shape index (κ1) is 19.4. The number of sulfonamides is 1. The highest BCUT2D eigenvalue weighted by atomic mass is 32.2. The first-order chi connectivity index (χ1) is 13.6. The van der Waals surface area contributed by atoms with E-state index in [2.05, 4.69) is 22.4 Å². The molecule has 28 heavy (non-hydrogen) atoms. The van der Waals surface area contributed by atoms with Crippen molar-refractivity contribution >= 4 is 15.8 Å². The summed E-state index contributed by atoms with van der Waals surface area (Å²) in [5.41, 5.74) is 1.20. The van der Waals surface area contributed by atoms with Gasteiger partial charge in [0.05, 0.1) is 6.10 Å². The molecule has 1 aromatic heterocycles. The number of hydrogen-bond donors (Lipinski definition) is 1. The van der Waals surface area contributed by atoms with E-state index in [0.29, 0.717) is 24.8 Å². The van der Waals surface area contributed by atoms with Crippen LogP contribution in [0, 0.1) is 5.92 Å². The number of aromatic nitrogens is 1. The predicted octanol–water partition coefficient (Wildman–Crippen LogP) is 3.45. The third-order valence-electron chi connectivity index (χ3n) is 5.56. The van der Waals surface area contributed by atoms with Crippen LogP contribution in [0.4, 0.5) is 5.82 Å². The quantitative estimate of drug-likeness (QED) is 0.803. The predicted molar refractivity (Wildman–Crippen MR) is 109 cm³/mol. The van der Waals surface area contributed by atoms with Crippen molar-refractivity contribution in [2.24, 2.45) is 5.92 Å². The first-order valence-electron chi connectivity index (χ1n) is 10.0. The first-order valence-corrected chi connectivity index (χ1v) is 11.5. The topological polar surface area (TPSA) is 71.5 Å². The van der Waals surface area contributed by atoms with E-state index < -0.39 is 10.0 Å². The summed E-state index contributed by atoms with van der Waals surface area (Å²) in [4.78, 5) is 4.61. The maximum absolute atomic E-state index is 12.6. The zero-order valence-electron chi connectivity index (χ0n) is 16.0. The van der Waals surface area contributed by atoms with Crippen LogP contribution in [0.5, 0.6) is 0 Å². The summed E-state index contributed by atoms with van der Waals surface area (Å²) in [6.07, 6.45) is 5.54. The second-order valence-corrected chi connectivity index (χ2v) is 9.41. The zero-order valence-corrected chi connectivity index (χ0v) is 16.8. The molecule has 0 radical (unpaired) electrons. The molecule has 2 aromatic rings. The molecule has 2 aliphatic rings. The Morgan fingerprint density at radius 2 is 1.86 bits per heavy atom. The Kier molecular flexibility index (Phi) is 5.94. The molecule has 7 heteroatoms. The fourth-order valence-electron chi connectivity index (χ4n) is 4.01. The van der Waals surface area contributed by atoms with Gasteiger partial charge in [0, 0.05) is 38.4 Å². The number of ether oxygens (including phenoxy) is 1. The molecule has 2 aliphatic heterocycles. The van der Waals surface area contributed by atoms with Crippen LogP contribution in [0.1, 0.15) is 37.4 Å². The van der Waals surface area contributed by atoms with Crippen LogP contribution in [-0.2, 0) is 14.8 Å². The summed E-state index contributed by atoms with van der Waals surface area (Å²) in [5, 5.41) is 3.36. The van der Waals surface area contributed by atoms with Gasteiger partial charge in [-0.2, -0.15) is 4.31 Å². The van der Waals surface area contributed by atoms with Gasteiger partial charge in [0.2, 0.25) is 10.0 Å². The Hall–Kier alpha value is -1.96. The Morgan fingerprint density at radius 1 is 1.07 bits per heavy atom. The molecule has 0 saturated carbocycles. The maximum atomic E-state index is 12.6. The minimum atomic E-state index is -3.41. The van der Waals surface area contributed by atoms with Crippen LogP contribution < -0.4 is 5.32 Å². The van der Waals surface area contributed by atoms with Gasteiger partial charge in [-0.3, -0.25) is 0 Å². The highest BCUT2D eigenvalue weighted by Gasteiger charge is 2.28. The average molecular weight is 402 g/mol. The molecular formula is C21H27N3O3S. The molecule has 0 amide bonds. The van der Waals surface area contributed by atoms with Crippen molar-refractivity contribution in [2.75, 3.05) is 31.6 Å². The van der Waals surface area contributed by atoms with Gasteiger partial charge in [0.1, 0.15) is 10.7 Å². The normalized spacial score (nSPS) is 23.6. The third-order valence-corrected chi connectivity index (χ3v) is 7.44. The van der Waals surface area contributed by atoms with E-state index in [1.54, 1.807) is 16.4 Å². The van der Waals surface area contributed by atoms with Crippen LogP contribution in [0.25, 0.3) is 0 Å². The second kappa shape index (κ2) is 8.59. The van der Waals surface area contributed by atoms with Crippen molar-refractivity contribution < 1.29 is 13.2 Å². The minimum Gasteiger partial charge on any atom is -0.373 e. The molecule has 150 valence electrons. The summed E-state index contributed by atoms with van der Waals surface area (Å²) in [5.74, 6) is 1.05. The van der Waals surface area contributed by atoms with Gasteiger partial charge >= 0.3 is 0 Å². The van der Waals surface area contributed by atoms with Crippen LogP contribution >= 0.6 is 0 Å². The average Bonchev–Trinajstić information content (AvgIpc) is 3.29. The molecule has 0 aliphatic carbocycles. The molecule has 1 N–H and O–H groups in total. The van der Waals surface area contributed by atoms with Crippen LogP contribution in [0.2, 0.25) is 0 Å². The SMILES string of the molecule is O=S(=O)(c1ccc(NCC2CCCOC2c2ccccc2)nc1)N1CCCC1. The van der Waals surface area contributed by atoms with Crippen molar-refractivity contribution in [1.82, 2.24) is 9.29 Å². The molecule has 4 rings (SSSR count). The van der Waals surface area contributed by atoms with E-state index >= 15 is 0 Å². The van der Waals surface area contributed by atoms with Crippen molar-refractivity contribution in [3.8, 4) is 0 Å². The van der Waals surface area contributed by atoms with Gasteiger partial charge in [0.25, 0.3) is 0 Å². The molecule has 0 spiro atoms. The summed E-state index contributed by atoms with van der Waals surface area (Å²) in [6, 6.07) is 13.7. The third kappa shape index (κ3) is 4.21. The molecule has 2 unspecified atom stereocenters. The fraction of sp³-hybridized carbons (Fsp3) is 0.476. The van der Waals surface area contributed by atoms with E-state index in [9.17, 15) is 8.42 Å². The summed E-state index contributed by atoms with van der Waals surface area (Å²) in [7, 11) is -3.41. The monoisotopic (exact) mass is 401 g/mol. The summed E-state index contributed by atoms with van der Waals surface area (Å²) < 4.78 is 32.8. The lowest BCUT2D eigenvalue weighted by Crippen LogP contribution is -2.29. The van der Waals surface area contributed by atoms with Gasteiger partial charge in [-0.05, 0) is 43.4 Å². The number of pyridine rings is 1. The van der Waals surface area contributed by atoms with Gasteiger partial charge in [-0.25, -0.2) is 13.4 Å². The number of rotatable bonds is 6. The Bertz CT molecular complexity index is 866. The van der Waals surface area contributed by atoms with Gasteiger partial charge in [0.15, 0.2) is 0 Å². The highest BCUT2D eigenvalue weighted by Crippen LogP contribution is 2.33. The highest BCUT2D eigenvalue weighted by molar-refractivity contribution is 7.89. The summed E-state index contributed by atoms with van der Waals surface area (Å²) >= 11 is 0. The van der Waals surface area contributed by atoms with E-state index in [-0.39, 0.29) is 11.0 Å². The van der Waals surface area contributed by atoms with Crippen molar-refractivity contribution in [2.45, 2.75) is 36.7 Å².